The van der Waals surface area contributed by atoms with Crippen LogP contribution in [0.15, 0.2) is 46.9 Å². The number of nitrogens with one attached hydrogen (secondary N) is 1. The van der Waals surface area contributed by atoms with Gasteiger partial charge >= 0.3 is 0 Å². The molecule has 20 heavy (non-hydrogen) atoms. The summed E-state index contributed by atoms with van der Waals surface area (Å²) in [7, 11) is 3.58. The number of ether oxygens (including phenoxy) is 1. The van der Waals surface area contributed by atoms with Crippen molar-refractivity contribution < 1.29 is 9.13 Å². The molecular formula is C16H17BrFNO. The van der Waals surface area contributed by atoms with Gasteiger partial charge in [0.25, 0.3) is 0 Å². The molecule has 0 amide bonds. The first-order valence-electron chi connectivity index (χ1n) is 6.39. The molecule has 0 saturated carbocycles. The number of halogens is 2. The average molecular weight is 338 g/mol. The Morgan fingerprint density at radius 2 is 1.90 bits per heavy atom. The minimum absolute atomic E-state index is 0.105. The van der Waals surface area contributed by atoms with Crippen molar-refractivity contribution in [2.75, 3.05) is 14.2 Å². The number of likely N-dealkylation sites (N-methyl/N-ethyl adjacent to an activating group) is 1. The van der Waals surface area contributed by atoms with Crippen molar-refractivity contribution in [3.63, 3.8) is 0 Å². The van der Waals surface area contributed by atoms with Crippen molar-refractivity contribution in [3.05, 3.63) is 63.9 Å². The van der Waals surface area contributed by atoms with Gasteiger partial charge in [-0.1, -0.05) is 28.1 Å². The molecule has 1 atom stereocenters. The zero-order valence-corrected chi connectivity index (χ0v) is 13.1. The standard InChI is InChI=1S/C16H17BrFNO/c1-19-15(9-11-3-6-13(18)7-4-11)14-10-12(17)5-8-16(14)20-2/h3-8,10,15,19H,9H2,1-2H3. The zero-order valence-electron chi connectivity index (χ0n) is 11.5. The Bertz CT molecular complexity index is 571. The molecule has 0 aliphatic rings. The Hall–Kier alpha value is -1.39. The summed E-state index contributed by atoms with van der Waals surface area (Å²) in [5, 5.41) is 3.29. The summed E-state index contributed by atoms with van der Waals surface area (Å²) < 4.78 is 19.4. The van der Waals surface area contributed by atoms with Crippen molar-refractivity contribution in [1.82, 2.24) is 5.32 Å². The van der Waals surface area contributed by atoms with E-state index in [1.165, 1.54) is 12.1 Å². The van der Waals surface area contributed by atoms with Crippen molar-refractivity contribution >= 4 is 15.9 Å². The predicted octanol–water partition coefficient (Wildman–Crippen LogP) is 4.10. The van der Waals surface area contributed by atoms with Crippen LogP contribution in [0.5, 0.6) is 5.75 Å². The van der Waals surface area contributed by atoms with Gasteiger partial charge in [0.1, 0.15) is 11.6 Å². The first-order valence-corrected chi connectivity index (χ1v) is 7.18. The summed E-state index contributed by atoms with van der Waals surface area (Å²) in [6.45, 7) is 0. The number of methoxy groups -OCH3 is 1. The SMILES string of the molecule is CNC(Cc1ccc(F)cc1)c1cc(Br)ccc1OC. The monoisotopic (exact) mass is 337 g/mol. The minimum Gasteiger partial charge on any atom is -0.496 e. The fraction of sp³-hybridized carbons (Fsp3) is 0.250. The molecule has 0 aromatic heterocycles. The molecule has 1 unspecified atom stereocenters. The second-order valence-electron chi connectivity index (χ2n) is 4.56. The highest BCUT2D eigenvalue weighted by Crippen LogP contribution is 2.30. The lowest BCUT2D eigenvalue weighted by Gasteiger charge is -2.20. The lowest BCUT2D eigenvalue weighted by atomic mass is 9.98. The molecule has 2 nitrogen and oxygen atoms in total. The number of hydrogen-bond acceptors (Lipinski definition) is 2. The third-order valence-electron chi connectivity index (χ3n) is 3.27. The van der Waals surface area contributed by atoms with Crippen molar-refractivity contribution in [1.29, 1.82) is 0 Å². The average Bonchev–Trinajstić information content (AvgIpc) is 2.46. The maximum Gasteiger partial charge on any atom is 0.123 e. The van der Waals surface area contributed by atoms with Gasteiger partial charge in [-0.15, -0.1) is 0 Å². The molecular weight excluding hydrogens is 321 g/mol. The summed E-state index contributed by atoms with van der Waals surface area (Å²) in [6, 6.07) is 12.6. The van der Waals surface area contributed by atoms with Crippen molar-refractivity contribution in [2.45, 2.75) is 12.5 Å². The quantitative estimate of drug-likeness (QED) is 0.886. The van der Waals surface area contributed by atoms with E-state index in [1.54, 1.807) is 7.11 Å². The van der Waals surface area contributed by atoms with Crippen LogP contribution >= 0.6 is 15.9 Å². The van der Waals surface area contributed by atoms with E-state index in [-0.39, 0.29) is 11.9 Å². The summed E-state index contributed by atoms with van der Waals surface area (Å²) in [5.41, 5.74) is 2.15. The second kappa shape index (κ2) is 6.86. The minimum atomic E-state index is -0.213. The van der Waals surface area contributed by atoms with E-state index >= 15 is 0 Å². The number of rotatable bonds is 5. The summed E-state index contributed by atoms with van der Waals surface area (Å²) in [6.07, 6.45) is 0.767. The van der Waals surface area contributed by atoms with Crippen LogP contribution in [0.1, 0.15) is 17.2 Å². The van der Waals surface area contributed by atoms with Crippen LogP contribution in [-0.2, 0) is 6.42 Å². The van der Waals surface area contributed by atoms with Crippen LogP contribution < -0.4 is 10.1 Å². The van der Waals surface area contributed by atoms with E-state index in [4.69, 9.17) is 4.74 Å². The van der Waals surface area contributed by atoms with Crippen molar-refractivity contribution in [2.24, 2.45) is 0 Å². The summed E-state index contributed by atoms with van der Waals surface area (Å²) >= 11 is 3.49. The molecule has 0 spiro atoms. The van der Waals surface area contributed by atoms with E-state index < -0.39 is 0 Å². The maximum atomic E-state index is 13.0. The molecule has 2 rings (SSSR count). The highest BCUT2D eigenvalue weighted by molar-refractivity contribution is 9.10. The normalized spacial score (nSPS) is 12.2. The van der Waals surface area contributed by atoms with Gasteiger partial charge < -0.3 is 10.1 Å². The molecule has 1 N–H and O–H groups in total. The molecule has 0 aliphatic heterocycles. The van der Waals surface area contributed by atoms with Crippen LogP contribution in [0.3, 0.4) is 0 Å². The van der Waals surface area contributed by atoms with Crippen LogP contribution in [-0.4, -0.2) is 14.2 Å². The third kappa shape index (κ3) is 3.58. The molecule has 0 aliphatic carbocycles. The highest BCUT2D eigenvalue weighted by Gasteiger charge is 2.15. The van der Waals surface area contributed by atoms with E-state index in [1.807, 2.05) is 37.4 Å². The fourth-order valence-electron chi connectivity index (χ4n) is 2.20. The molecule has 4 heteroatoms. The van der Waals surface area contributed by atoms with E-state index in [2.05, 4.69) is 21.2 Å². The Balaban J connectivity index is 2.28. The van der Waals surface area contributed by atoms with Crippen molar-refractivity contribution in [3.8, 4) is 5.75 Å². The molecule has 0 radical (unpaired) electrons. The molecule has 2 aromatic rings. The third-order valence-corrected chi connectivity index (χ3v) is 3.76. The predicted molar refractivity (Wildman–Crippen MR) is 82.6 cm³/mol. The topological polar surface area (TPSA) is 21.3 Å². The van der Waals surface area contributed by atoms with Gasteiger partial charge in [-0.2, -0.15) is 0 Å². The van der Waals surface area contributed by atoms with Gasteiger partial charge in [0.15, 0.2) is 0 Å². The Kier molecular flexibility index (Phi) is 5.15. The van der Waals surface area contributed by atoms with E-state index in [0.717, 1.165) is 27.8 Å². The first-order chi connectivity index (χ1) is 9.63. The maximum absolute atomic E-state index is 13.0. The zero-order chi connectivity index (χ0) is 14.5. The van der Waals surface area contributed by atoms with Crippen LogP contribution in [0.2, 0.25) is 0 Å². The highest BCUT2D eigenvalue weighted by atomic mass is 79.9. The Morgan fingerprint density at radius 1 is 1.20 bits per heavy atom. The summed E-state index contributed by atoms with van der Waals surface area (Å²) in [4.78, 5) is 0. The van der Waals surface area contributed by atoms with Crippen LogP contribution in [0.25, 0.3) is 0 Å². The van der Waals surface area contributed by atoms with Crippen LogP contribution in [0, 0.1) is 5.82 Å². The lowest BCUT2D eigenvalue weighted by molar-refractivity contribution is 0.401. The van der Waals surface area contributed by atoms with E-state index in [0.29, 0.717) is 0 Å². The molecule has 0 heterocycles. The van der Waals surface area contributed by atoms with Gasteiger partial charge in [-0.25, -0.2) is 4.39 Å². The first kappa shape index (κ1) is 15.0. The molecule has 2 aromatic carbocycles. The van der Waals surface area contributed by atoms with Gasteiger partial charge in [0, 0.05) is 16.1 Å². The largest absolute Gasteiger partial charge is 0.496 e. The fourth-order valence-corrected chi connectivity index (χ4v) is 2.58. The molecule has 0 saturated heterocycles. The summed E-state index contributed by atoms with van der Waals surface area (Å²) in [5.74, 6) is 0.629. The Labute approximate surface area is 127 Å². The van der Waals surface area contributed by atoms with Gasteiger partial charge in [0.05, 0.1) is 7.11 Å². The molecule has 0 bridgehead atoms. The lowest BCUT2D eigenvalue weighted by Crippen LogP contribution is -2.19. The van der Waals surface area contributed by atoms with Gasteiger partial charge in [-0.05, 0) is 49.4 Å². The second-order valence-corrected chi connectivity index (χ2v) is 5.47. The number of benzene rings is 2. The molecule has 0 fully saturated rings. The van der Waals surface area contributed by atoms with Crippen LogP contribution in [0.4, 0.5) is 4.39 Å². The Morgan fingerprint density at radius 3 is 2.50 bits per heavy atom. The van der Waals surface area contributed by atoms with Gasteiger partial charge in [-0.3, -0.25) is 0 Å². The smallest absolute Gasteiger partial charge is 0.123 e. The molecule has 106 valence electrons. The van der Waals surface area contributed by atoms with Gasteiger partial charge in [0.2, 0.25) is 0 Å². The van der Waals surface area contributed by atoms with E-state index in [9.17, 15) is 4.39 Å². The number of hydrogen-bond donors (Lipinski definition) is 1.